The number of nitrogens with two attached hydrogens (primary N) is 1. The summed E-state index contributed by atoms with van der Waals surface area (Å²) in [5, 5.41) is 0.499. The van der Waals surface area contributed by atoms with Crippen LogP contribution in [0.15, 0.2) is 36.7 Å². The van der Waals surface area contributed by atoms with Gasteiger partial charge in [0.2, 0.25) is 5.91 Å². The van der Waals surface area contributed by atoms with Gasteiger partial charge in [-0.25, -0.2) is 9.97 Å². The van der Waals surface area contributed by atoms with Gasteiger partial charge < -0.3 is 15.5 Å². The quantitative estimate of drug-likeness (QED) is 0.911. The maximum Gasteiger partial charge on any atom is 0.276 e. The zero-order valence-corrected chi connectivity index (χ0v) is 13.8. The van der Waals surface area contributed by atoms with Gasteiger partial charge in [0.15, 0.2) is 11.5 Å². The SMILES string of the molecule is CN(C(=O)c1nccnc1N)C1CCN(c2ccccc2Cl)C1=O. The van der Waals surface area contributed by atoms with Crippen LogP contribution in [-0.2, 0) is 4.79 Å². The van der Waals surface area contributed by atoms with Crippen molar-refractivity contribution < 1.29 is 9.59 Å². The van der Waals surface area contributed by atoms with E-state index in [1.54, 1.807) is 30.1 Å². The summed E-state index contributed by atoms with van der Waals surface area (Å²) < 4.78 is 0. The molecule has 1 fully saturated rings. The Labute approximate surface area is 144 Å². The van der Waals surface area contributed by atoms with Crippen LogP contribution in [0.25, 0.3) is 0 Å². The van der Waals surface area contributed by atoms with Crippen LogP contribution in [0, 0.1) is 0 Å². The zero-order chi connectivity index (χ0) is 17.3. The van der Waals surface area contributed by atoms with Crippen LogP contribution >= 0.6 is 11.6 Å². The number of para-hydroxylation sites is 1. The minimum atomic E-state index is -0.588. The summed E-state index contributed by atoms with van der Waals surface area (Å²) in [5.41, 5.74) is 6.39. The molecule has 2 amide bonds. The average Bonchev–Trinajstić information content (AvgIpc) is 2.96. The van der Waals surface area contributed by atoms with Crippen molar-refractivity contribution in [3.63, 3.8) is 0 Å². The number of halogens is 1. The van der Waals surface area contributed by atoms with E-state index in [9.17, 15) is 9.59 Å². The topological polar surface area (TPSA) is 92.4 Å². The van der Waals surface area contributed by atoms with Gasteiger partial charge in [0.25, 0.3) is 5.91 Å². The second kappa shape index (κ2) is 6.45. The summed E-state index contributed by atoms with van der Waals surface area (Å²) in [4.78, 5) is 36.1. The molecule has 24 heavy (non-hydrogen) atoms. The molecular weight excluding hydrogens is 330 g/mol. The summed E-state index contributed by atoms with van der Waals surface area (Å²) in [7, 11) is 1.56. The van der Waals surface area contributed by atoms with E-state index in [0.717, 1.165) is 0 Å². The molecule has 1 atom stereocenters. The molecule has 1 aromatic heterocycles. The maximum absolute atomic E-state index is 12.7. The largest absolute Gasteiger partial charge is 0.382 e. The predicted octanol–water partition coefficient (Wildman–Crippen LogP) is 1.59. The molecule has 7 nitrogen and oxygen atoms in total. The Morgan fingerprint density at radius 1 is 1.33 bits per heavy atom. The van der Waals surface area contributed by atoms with Gasteiger partial charge in [0, 0.05) is 26.0 Å². The Balaban J connectivity index is 1.81. The number of carbonyl (C=O) groups is 2. The molecule has 2 heterocycles. The number of nitrogen functional groups attached to an aromatic ring is 1. The van der Waals surface area contributed by atoms with Crippen molar-refractivity contribution in [1.29, 1.82) is 0 Å². The van der Waals surface area contributed by atoms with Crippen LogP contribution in [-0.4, -0.2) is 46.3 Å². The molecule has 0 bridgehead atoms. The monoisotopic (exact) mass is 345 g/mol. The van der Waals surface area contributed by atoms with Gasteiger partial charge in [-0.15, -0.1) is 0 Å². The molecule has 0 radical (unpaired) electrons. The van der Waals surface area contributed by atoms with E-state index in [-0.39, 0.29) is 17.4 Å². The fraction of sp³-hybridized carbons (Fsp3) is 0.250. The van der Waals surface area contributed by atoms with Crippen LogP contribution in [0.2, 0.25) is 5.02 Å². The number of aromatic nitrogens is 2. The van der Waals surface area contributed by atoms with Gasteiger partial charge in [-0.1, -0.05) is 23.7 Å². The molecule has 3 rings (SSSR count). The first-order valence-corrected chi connectivity index (χ1v) is 7.78. The molecule has 1 aliphatic heterocycles. The van der Waals surface area contributed by atoms with Crippen molar-refractivity contribution in [2.45, 2.75) is 12.5 Å². The van der Waals surface area contributed by atoms with Gasteiger partial charge in [0.05, 0.1) is 10.7 Å². The van der Waals surface area contributed by atoms with Crippen LogP contribution in [0.5, 0.6) is 0 Å². The molecule has 0 spiro atoms. The number of rotatable bonds is 3. The fourth-order valence-corrected chi connectivity index (χ4v) is 2.99. The number of amides is 2. The van der Waals surface area contributed by atoms with Gasteiger partial charge >= 0.3 is 0 Å². The molecule has 1 saturated heterocycles. The lowest BCUT2D eigenvalue weighted by atomic mass is 10.2. The summed E-state index contributed by atoms with van der Waals surface area (Å²) in [6, 6.07) is 6.54. The second-order valence-corrected chi connectivity index (χ2v) is 5.86. The lowest BCUT2D eigenvalue weighted by Gasteiger charge is -2.24. The Morgan fingerprint density at radius 2 is 2.04 bits per heavy atom. The molecule has 2 N–H and O–H groups in total. The lowest BCUT2D eigenvalue weighted by Crippen LogP contribution is -2.43. The van der Waals surface area contributed by atoms with E-state index in [1.165, 1.54) is 17.3 Å². The predicted molar refractivity (Wildman–Crippen MR) is 90.7 cm³/mol. The lowest BCUT2D eigenvalue weighted by molar-refractivity contribution is -0.120. The number of carbonyl (C=O) groups excluding carboxylic acids is 2. The molecular formula is C16H16ClN5O2. The number of anilines is 2. The van der Waals surface area contributed by atoms with Gasteiger partial charge in [0.1, 0.15) is 6.04 Å². The Bertz CT molecular complexity index is 798. The standard InChI is InChI=1S/C16H16ClN5O2/c1-21(16(24)13-14(18)20-8-7-19-13)12-6-9-22(15(12)23)11-5-3-2-4-10(11)17/h2-5,7-8,12H,6,9H2,1H3,(H2,18,20). The number of nitrogens with zero attached hydrogens (tertiary/aromatic N) is 4. The highest BCUT2D eigenvalue weighted by Crippen LogP contribution is 2.30. The van der Waals surface area contributed by atoms with Crippen LogP contribution < -0.4 is 10.6 Å². The van der Waals surface area contributed by atoms with Crippen molar-refractivity contribution in [1.82, 2.24) is 14.9 Å². The Morgan fingerprint density at radius 3 is 2.75 bits per heavy atom. The zero-order valence-electron chi connectivity index (χ0n) is 13.0. The Kier molecular flexibility index (Phi) is 4.35. The number of hydrogen-bond acceptors (Lipinski definition) is 5. The van der Waals surface area contributed by atoms with E-state index in [0.29, 0.717) is 23.7 Å². The maximum atomic E-state index is 12.7. The molecule has 2 aromatic rings. The molecule has 8 heteroatoms. The van der Waals surface area contributed by atoms with Crippen LogP contribution in [0.3, 0.4) is 0 Å². The Hall–Kier alpha value is -2.67. The van der Waals surface area contributed by atoms with E-state index in [1.807, 2.05) is 6.07 Å². The van der Waals surface area contributed by atoms with Crippen LogP contribution in [0.1, 0.15) is 16.9 Å². The van der Waals surface area contributed by atoms with Gasteiger partial charge in [-0.2, -0.15) is 0 Å². The van der Waals surface area contributed by atoms with Crippen molar-refractivity contribution in [2.75, 3.05) is 24.2 Å². The van der Waals surface area contributed by atoms with Gasteiger partial charge in [-0.05, 0) is 18.6 Å². The highest BCUT2D eigenvalue weighted by atomic mass is 35.5. The molecule has 1 aliphatic rings. The van der Waals surface area contributed by atoms with E-state index in [2.05, 4.69) is 9.97 Å². The van der Waals surface area contributed by atoms with E-state index >= 15 is 0 Å². The minimum Gasteiger partial charge on any atom is -0.382 e. The molecule has 124 valence electrons. The number of hydrogen-bond donors (Lipinski definition) is 1. The first kappa shape index (κ1) is 16.2. The molecule has 1 unspecified atom stereocenters. The summed E-state index contributed by atoms with van der Waals surface area (Å²) in [5.74, 6) is -0.566. The van der Waals surface area contributed by atoms with Crippen molar-refractivity contribution in [3.05, 3.63) is 47.4 Å². The van der Waals surface area contributed by atoms with Crippen molar-refractivity contribution >= 4 is 34.9 Å². The average molecular weight is 346 g/mol. The minimum absolute atomic E-state index is 0.0442. The molecule has 0 aliphatic carbocycles. The number of likely N-dealkylation sites (N-methyl/N-ethyl adjacent to an activating group) is 1. The first-order chi connectivity index (χ1) is 11.5. The van der Waals surface area contributed by atoms with Crippen molar-refractivity contribution in [3.8, 4) is 0 Å². The van der Waals surface area contributed by atoms with E-state index < -0.39 is 11.9 Å². The first-order valence-electron chi connectivity index (χ1n) is 7.40. The fourth-order valence-electron chi connectivity index (χ4n) is 2.76. The smallest absolute Gasteiger partial charge is 0.276 e. The highest BCUT2D eigenvalue weighted by molar-refractivity contribution is 6.34. The summed E-state index contributed by atoms with van der Waals surface area (Å²) >= 11 is 6.17. The van der Waals surface area contributed by atoms with Gasteiger partial charge in [-0.3, -0.25) is 9.59 Å². The highest BCUT2D eigenvalue weighted by Gasteiger charge is 2.38. The third-order valence-electron chi connectivity index (χ3n) is 4.04. The normalized spacial score (nSPS) is 17.2. The third-order valence-corrected chi connectivity index (χ3v) is 4.36. The molecule has 1 aromatic carbocycles. The van der Waals surface area contributed by atoms with Crippen LogP contribution in [0.4, 0.5) is 11.5 Å². The van der Waals surface area contributed by atoms with Crippen molar-refractivity contribution in [2.24, 2.45) is 0 Å². The molecule has 0 saturated carbocycles. The van der Waals surface area contributed by atoms with E-state index in [4.69, 9.17) is 17.3 Å². The number of benzene rings is 1. The summed E-state index contributed by atoms with van der Waals surface area (Å²) in [6.45, 7) is 0.487. The third kappa shape index (κ3) is 2.78. The summed E-state index contributed by atoms with van der Waals surface area (Å²) in [6.07, 6.45) is 3.31. The second-order valence-electron chi connectivity index (χ2n) is 5.45.